The van der Waals surface area contributed by atoms with Crippen LogP contribution >= 0.6 is 11.3 Å². The third kappa shape index (κ3) is 6.39. The van der Waals surface area contributed by atoms with Crippen molar-refractivity contribution in [1.29, 1.82) is 0 Å². The summed E-state index contributed by atoms with van der Waals surface area (Å²) in [6.45, 7) is 6.44. The van der Waals surface area contributed by atoms with Gasteiger partial charge in [0.15, 0.2) is 0 Å². The molecule has 0 radical (unpaired) electrons. The summed E-state index contributed by atoms with van der Waals surface area (Å²) in [6.07, 6.45) is 5.25. The van der Waals surface area contributed by atoms with Crippen molar-refractivity contribution in [1.82, 2.24) is 15.1 Å². The molecule has 4 nitrogen and oxygen atoms in total. The first-order valence-electron chi connectivity index (χ1n) is 11.0. The van der Waals surface area contributed by atoms with Crippen LogP contribution in [-0.4, -0.2) is 47.9 Å². The van der Waals surface area contributed by atoms with E-state index < -0.39 is 0 Å². The summed E-state index contributed by atoms with van der Waals surface area (Å²) in [5, 5.41) is 7.69. The minimum atomic E-state index is 0.247. The van der Waals surface area contributed by atoms with E-state index in [9.17, 15) is 4.79 Å². The molecule has 0 bridgehead atoms. The Morgan fingerprint density at radius 1 is 0.966 bits per heavy atom. The second-order valence-corrected chi connectivity index (χ2v) is 9.44. The standard InChI is InChI=1S/C24H33N3OS/c28-24(25-23-10-14-27(18-23)16-21-4-2-1-3-5-21)7-6-20-8-12-26(13-9-20)17-22-11-15-29-19-22/h1-5,11,15,19-20,23H,6-10,12-14,16-18H2,(H,25,28). The van der Waals surface area contributed by atoms with Crippen LogP contribution in [-0.2, 0) is 17.9 Å². The molecule has 0 spiro atoms. The number of rotatable bonds is 8. The first-order chi connectivity index (χ1) is 14.2. The van der Waals surface area contributed by atoms with Crippen LogP contribution in [0.2, 0.25) is 0 Å². The van der Waals surface area contributed by atoms with Gasteiger partial charge in [-0.05, 0) is 72.6 Å². The summed E-state index contributed by atoms with van der Waals surface area (Å²) in [6, 6.07) is 13.2. The number of carbonyl (C=O) groups is 1. The summed E-state index contributed by atoms with van der Waals surface area (Å²) in [7, 11) is 0. The maximum Gasteiger partial charge on any atom is 0.220 e. The number of hydrogen-bond acceptors (Lipinski definition) is 4. The highest BCUT2D eigenvalue weighted by Gasteiger charge is 2.25. The fourth-order valence-corrected chi connectivity index (χ4v) is 5.30. The summed E-state index contributed by atoms with van der Waals surface area (Å²) in [4.78, 5) is 17.4. The van der Waals surface area contributed by atoms with Crippen LogP contribution in [0.3, 0.4) is 0 Å². The molecule has 0 saturated carbocycles. The number of benzene rings is 1. The van der Waals surface area contributed by atoms with E-state index >= 15 is 0 Å². The van der Waals surface area contributed by atoms with Gasteiger partial charge in [0.25, 0.3) is 0 Å². The van der Waals surface area contributed by atoms with Crippen LogP contribution < -0.4 is 5.32 Å². The number of carbonyl (C=O) groups excluding carboxylic acids is 1. The van der Waals surface area contributed by atoms with Crippen molar-refractivity contribution >= 4 is 17.2 Å². The molecule has 1 aromatic carbocycles. The van der Waals surface area contributed by atoms with Gasteiger partial charge in [-0.1, -0.05) is 30.3 Å². The van der Waals surface area contributed by atoms with E-state index in [4.69, 9.17) is 0 Å². The molecule has 1 amide bonds. The van der Waals surface area contributed by atoms with E-state index in [1.54, 1.807) is 11.3 Å². The van der Waals surface area contributed by atoms with Crippen molar-refractivity contribution in [3.05, 3.63) is 58.3 Å². The second kappa shape index (κ2) is 10.4. The van der Waals surface area contributed by atoms with E-state index in [0.29, 0.717) is 18.4 Å². The highest BCUT2D eigenvalue weighted by Crippen LogP contribution is 2.23. The van der Waals surface area contributed by atoms with Gasteiger partial charge in [-0.15, -0.1) is 0 Å². The molecule has 2 aromatic rings. The number of hydrogen-bond donors (Lipinski definition) is 1. The first-order valence-corrected chi connectivity index (χ1v) is 12.0. The lowest BCUT2D eigenvalue weighted by atomic mass is 9.92. The zero-order valence-electron chi connectivity index (χ0n) is 17.3. The lowest BCUT2D eigenvalue weighted by Crippen LogP contribution is -2.37. The summed E-state index contributed by atoms with van der Waals surface area (Å²) in [5.41, 5.74) is 2.79. The highest BCUT2D eigenvalue weighted by molar-refractivity contribution is 7.07. The Kier molecular flexibility index (Phi) is 7.36. The Labute approximate surface area is 178 Å². The molecule has 2 aliphatic heterocycles. The van der Waals surface area contributed by atoms with Gasteiger partial charge in [0.1, 0.15) is 0 Å². The number of piperidine rings is 1. The second-order valence-electron chi connectivity index (χ2n) is 8.66. The zero-order chi connectivity index (χ0) is 19.9. The molecule has 5 heteroatoms. The molecular formula is C24H33N3OS. The molecule has 0 aliphatic carbocycles. The van der Waals surface area contributed by atoms with Crippen molar-refractivity contribution in [2.75, 3.05) is 26.2 Å². The van der Waals surface area contributed by atoms with E-state index in [-0.39, 0.29) is 5.91 Å². The maximum atomic E-state index is 12.4. The van der Waals surface area contributed by atoms with Gasteiger partial charge < -0.3 is 5.32 Å². The molecule has 1 N–H and O–H groups in total. The normalized spacial score (nSPS) is 21.4. The average molecular weight is 412 g/mol. The third-order valence-electron chi connectivity index (χ3n) is 6.36. The molecular weight excluding hydrogens is 378 g/mol. The number of amides is 1. The molecule has 156 valence electrons. The Hall–Kier alpha value is -1.69. The van der Waals surface area contributed by atoms with Gasteiger partial charge in [-0.2, -0.15) is 11.3 Å². The van der Waals surface area contributed by atoms with Crippen LogP contribution in [0, 0.1) is 5.92 Å². The summed E-state index contributed by atoms with van der Waals surface area (Å²) >= 11 is 1.78. The molecule has 2 aliphatic rings. The Balaban J connectivity index is 1.10. The first kappa shape index (κ1) is 20.6. The van der Waals surface area contributed by atoms with E-state index in [2.05, 4.69) is 62.3 Å². The van der Waals surface area contributed by atoms with Gasteiger partial charge in [-0.25, -0.2) is 0 Å². The fraction of sp³-hybridized carbons (Fsp3) is 0.542. The molecule has 1 atom stereocenters. The minimum Gasteiger partial charge on any atom is -0.352 e. The Bertz CT molecular complexity index is 741. The van der Waals surface area contributed by atoms with Crippen LogP contribution in [0.15, 0.2) is 47.2 Å². The highest BCUT2D eigenvalue weighted by atomic mass is 32.1. The lowest BCUT2D eigenvalue weighted by molar-refractivity contribution is -0.122. The van der Waals surface area contributed by atoms with Crippen molar-refractivity contribution in [2.24, 2.45) is 5.92 Å². The topological polar surface area (TPSA) is 35.6 Å². The van der Waals surface area contributed by atoms with Crippen molar-refractivity contribution in [3.8, 4) is 0 Å². The van der Waals surface area contributed by atoms with Gasteiger partial charge >= 0.3 is 0 Å². The van der Waals surface area contributed by atoms with Crippen LogP contribution in [0.5, 0.6) is 0 Å². The van der Waals surface area contributed by atoms with Gasteiger partial charge in [0, 0.05) is 38.6 Å². The monoisotopic (exact) mass is 411 g/mol. The van der Waals surface area contributed by atoms with Crippen molar-refractivity contribution in [2.45, 2.75) is 51.2 Å². The molecule has 29 heavy (non-hydrogen) atoms. The molecule has 4 rings (SSSR count). The van der Waals surface area contributed by atoms with E-state index in [1.165, 1.54) is 37.1 Å². The molecule has 3 heterocycles. The number of nitrogens with zero attached hydrogens (tertiary/aromatic N) is 2. The quantitative estimate of drug-likeness (QED) is 0.709. The Morgan fingerprint density at radius 2 is 1.72 bits per heavy atom. The van der Waals surface area contributed by atoms with Crippen molar-refractivity contribution < 1.29 is 4.79 Å². The molecule has 2 fully saturated rings. The minimum absolute atomic E-state index is 0.247. The SMILES string of the molecule is O=C(CCC1CCN(Cc2ccsc2)CC1)NC1CCN(Cc2ccccc2)C1. The summed E-state index contributed by atoms with van der Waals surface area (Å²) in [5.74, 6) is 0.954. The van der Waals surface area contributed by atoms with E-state index in [1.807, 2.05) is 0 Å². The molecule has 1 unspecified atom stereocenters. The van der Waals surface area contributed by atoms with Crippen LogP contribution in [0.4, 0.5) is 0 Å². The molecule has 1 aromatic heterocycles. The third-order valence-corrected chi connectivity index (χ3v) is 7.09. The van der Waals surface area contributed by atoms with Gasteiger partial charge in [0.05, 0.1) is 0 Å². The smallest absolute Gasteiger partial charge is 0.220 e. The van der Waals surface area contributed by atoms with Gasteiger partial charge in [0.2, 0.25) is 5.91 Å². The predicted molar refractivity (Wildman–Crippen MR) is 120 cm³/mol. The largest absolute Gasteiger partial charge is 0.352 e. The van der Waals surface area contributed by atoms with Crippen LogP contribution in [0.25, 0.3) is 0 Å². The maximum absolute atomic E-state index is 12.4. The summed E-state index contributed by atoms with van der Waals surface area (Å²) < 4.78 is 0. The van der Waals surface area contributed by atoms with E-state index in [0.717, 1.165) is 39.0 Å². The average Bonchev–Trinajstić information content (AvgIpc) is 3.40. The fourth-order valence-electron chi connectivity index (χ4n) is 4.64. The lowest BCUT2D eigenvalue weighted by Gasteiger charge is -2.31. The molecule has 2 saturated heterocycles. The van der Waals surface area contributed by atoms with Crippen LogP contribution in [0.1, 0.15) is 43.2 Å². The Morgan fingerprint density at radius 3 is 2.48 bits per heavy atom. The van der Waals surface area contributed by atoms with Gasteiger partial charge in [-0.3, -0.25) is 14.6 Å². The number of nitrogens with one attached hydrogen (secondary N) is 1. The number of thiophene rings is 1. The van der Waals surface area contributed by atoms with Crippen molar-refractivity contribution in [3.63, 3.8) is 0 Å². The zero-order valence-corrected chi connectivity index (χ0v) is 18.1. The number of likely N-dealkylation sites (tertiary alicyclic amines) is 2. The predicted octanol–water partition coefficient (Wildman–Crippen LogP) is 4.13.